The average molecular weight is 460 g/mol. The van der Waals surface area contributed by atoms with Gasteiger partial charge >= 0.3 is 0 Å². The van der Waals surface area contributed by atoms with Crippen molar-refractivity contribution < 1.29 is 13.9 Å². The Kier molecular flexibility index (Phi) is 6.39. The molecule has 8 heteroatoms. The van der Waals surface area contributed by atoms with Gasteiger partial charge in [0, 0.05) is 15.6 Å². The topological polar surface area (TPSA) is 64.1 Å². The van der Waals surface area contributed by atoms with E-state index in [0.29, 0.717) is 22.5 Å². The number of hydrogen-bond donors (Lipinski definition) is 1. The molecule has 5 nitrogen and oxygen atoms in total. The molecule has 1 fully saturated rings. The van der Waals surface area contributed by atoms with Gasteiger partial charge in [-0.25, -0.2) is 14.4 Å². The zero-order chi connectivity index (χ0) is 22.0. The van der Waals surface area contributed by atoms with Crippen LogP contribution in [0.25, 0.3) is 0 Å². The predicted octanol–water partition coefficient (Wildman–Crippen LogP) is 6.20. The summed E-state index contributed by atoms with van der Waals surface area (Å²) in [5, 5.41) is 3.17. The first-order valence-corrected chi connectivity index (χ1v) is 10.6. The van der Waals surface area contributed by atoms with Crippen molar-refractivity contribution in [2.75, 3.05) is 6.54 Å². The molecular weight excluding hydrogens is 440 g/mol. The molecular formula is C23H20Cl2FN3O2. The number of rotatable bonds is 7. The molecule has 2 aromatic carbocycles. The van der Waals surface area contributed by atoms with Crippen molar-refractivity contribution in [2.24, 2.45) is 0 Å². The molecule has 1 atom stereocenters. The molecule has 1 saturated carbocycles. The smallest absolute Gasteiger partial charge is 0.274 e. The van der Waals surface area contributed by atoms with Crippen molar-refractivity contribution in [3.8, 4) is 11.5 Å². The first kappa shape index (κ1) is 21.5. The van der Waals surface area contributed by atoms with Gasteiger partial charge in [-0.05, 0) is 55.5 Å². The van der Waals surface area contributed by atoms with E-state index < -0.39 is 12.1 Å². The van der Waals surface area contributed by atoms with Gasteiger partial charge in [-0.3, -0.25) is 4.79 Å². The fourth-order valence-corrected chi connectivity index (χ4v) is 3.73. The van der Waals surface area contributed by atoms with Crippen LogP contribution in [0, 0.1) is 6.92 Å². The number of ether oxygens (including phenoxy) is 1. The Balaban J connectivity index is 1.48. The van der Waals surface area contributed by atoms with Crippen LogP contribution in [0.5, 0.6) is 11.5 Å². The van der Waals surface area contributed by atoms with Crippen molar-refractivity contribution in [1.82, 2.24) is 15.3 Å². The van der Waals surface area contributed by atoms with Crippen LogP contribution >= 0.6 is 23.2 Å². The summed E-state index contributed by atoms with van der Waals surface area (Å²) >= 11 is 11.9. The number of nitrogens with zero attached hydrogens (tertiary/aromatic N) is 2. The van der Waals surface area contributed by atoms with E-state index in [9.17, 15) is 9.18 Å². The van der Waals surface area contributed by atoms with Crippen LogP contribution in [0.2, 0.25) is 10.0 Å². The van der Waals surface area contributed by atoms with Crippen LogP contribution in [0.3, 0.4) is 0 Å². The molecule has 1 unspecified atom stereocenters. The highest BCUT2D eigenvalue weighted by Gasteiger charge is 2.24. The van der Waals surface area contributed by atoms with E-state index in [0.717, 1.165) is 0 Å². The van der Waals surface area contributed by atoms with Crippen LogP contribution in [0.4, 0.5) is 4.39 Å². The van der Waals surface area contributed by atoms with Gasteiger partial charge in [-0.15, -0.1) is 0 Å². The van der Waals surface area contributed by atoms with E-state index in [4.69, 9.17) is 27.9 Å². The van der Waals surface area contributed by atoms with E-state index in [-0.39, 0.29) is 28.6 Å². The third-order valence-electron chi connectivity index (χ3n) is 4.97. The number of amides is 1. The van der Waals surface area contributed by atoms with Crippen LogP contribution in [-0.2, 0) is 0 Å². The first-order valence-electron chi connectivity index (χ1n) is 9.89. The Labute approximate surface area is 189 Å². The number of benzene rings is 2. The summed E-state index contributed by atoms with van der Waals surface area (Å²) in [7, 11) is 0. The number of alkyl halides is 1. The molecule has 1 aromatic heterocycles. The van der Waals surface area contributed by atoms with Gasteiger partial charge in [0.1, 0.15) is 17.7 Å². The molecule has 0 saturated heterocycles. The Morgan fingerprint density at radius 3 is 2.81 bits per heavy atom. The van der Waals surface area contributed by atoms with Gasteiger partial charge < -0.3 is 10.1 Å². The normalized spacial score (nSPS) is 14.2. The number of hydrogen-bond acceptors (Lipinski definition) is 4. The van der Waals surface area contributed by atoms with Crippen LogP contribution in [0.15, 0.2) is 48.7 Å². The number of nitrogens with one attached hydrogen (secondary N) is 1. The molecule has 0 aliphatic heterocycles. The molecule has 31 heavy (non-hydrogen) atoms. The van der Waals surface area contributed by atoms with Crippen LogP contribution in [0.1, 0.15) is 52.4 Å². The van der Waals surface area contributed by atoms with Crippen molar-refractivity contribution in [3.63, 3.8) is 0 Å². The van der Waals surface area contributed by atoms with E-state index in [2.05, 4.69) is 21.4 Å². The van der Waals surface area contributed by atoms with Gasteiger partial charge in [-0.1, -0.05) is 41.4 Å². The maximum absolute atomic E-state index is 14.7. The van der Waals surface area contributed by atoms with Gasteiger partial charge in [0.25, 0.3) is 5.91 Å². The predicted molar refractivity (Wildman–Crippen MR) is 118 cm³/mol. The number of halogens is 3. The lowest BCUT2D eigenvalue weighted by Crippen LogP contribution is -2.28. The van der Waals surface area contributed by atoms with Gasteiger partial charge in [-0.2, -0.15) is 0 Å². The summed E-state index contributed by atoms with van der Waals surface area (Å²) in [5.41, 5.74) is 1.49. The summed E-state index contributed by atoms with van der Waals surface area (Å²) in [6, 6.07) is 12.3. The molecule has 0 bridgehead atoms. The van der Waals surface area contributed by atoms with Crippen LogP contribution in [-0.4, -0.2) is 22.4 Å². The fourth-order valence-electron chi connectivity index (χ4n) is 3.20. The second-order valence-corrected chi connectivity index (χ2v) is 8.27. The van der Waals surface area contributed by atoms with E-state index in [1.807, 2.05) is 18.2 Å². The molecule has 160 valence electrons. The van der Waals surface area contributed by atoms with E-state index in [1.54, 1.807) is 13.0 Å². The average Bonchev–Trinajstić information content (AvgIpc) is 3.59. The maximum atomic E-state index is 14.7. The molecule has 1 amide bonds. The minimum absolute atomic E-state index is 0.0405. The number of aryl methyl sites for hydroxylation is 1. The zero-order valence-electron chi connectivity index (χ0n) is 16.7. The minimum atomic E-state index is -1.50. The number of carbonyl (C=O) groups excluding carboxylic acids is 1. The molecule has 1 N–H and O–H groups in total. The molecule has 0 spiro atoms. The minimum Gasteiger partial charge on any atom is -0.453 e. The standard InChI is InChI=1S/C23H20Cl2FN3O2/c1-13-27-12-21(31-17-4-2-3-15(9-17)14-5-6-14)22(29-13)23(30)28-11-20(26)18-8-7-16(24)10-19(18)25/h2-4,7-10,12,14,20H,5-6,11H2,1H3,(H,28,30). The summed E-state index contributed by atoms with van der Waals surface area (Å²) in [4.78, 5) is 21.1. The van der Waals surface area contributed by atoms with Crippen molar-refractivity contribution in [2.45, 2.75) is 31.9 Å². The van der Waals surface area contributed by atoms with Crippen molar-refractivity contribution >= 4 is 29.1 Å². The van der Waals surface area contributed by atoms with E-state index in [1.165, 1.54) is 36.7 Å². The summed E-state index contributed by atoms with van der Waals surface area (Å²) in [6.07, 6.45) is 2.29. The second kappa shape index (κ2) is 9.20. The zero-order valence-corrected chi connectivity index (χ0v) is 18.3. The SMILES string of the molecule is Cc1ncc(Oc2cccc(C3CC3)c2)c(C(=O)NCC(F)c2ccc(Cl)cc2Cl)n1. The van der Waals surface area contributed by atoms with Crippen molar-refractivity contribution in [3.05, 3.63) is 81.4 Å². The first-order chi connectivity index (χ1) is 14.9. The molecule has 1 heterocycles. The summed E-state index contributed by atoms with van der Waals surface area (Å²) in [6.45, 7) is 1.39. The lowest BCUT2D eigenvalue weighted by Gasteiger charge is -2.14. The Bertz CT molecular complexity index is 1120. The molecule has 0 radical (unpaired) electrons. The number of aromatic nitrogens is 2. The lowest BCUT2D eigenvalue weighted by atomic mass is 10.1. The third kappa shape index (κ3) is 5.32. The quantitative estimate of drug-likeness (QED) is 0.456. The molecule has 1 aliphatic carbocycles. The summed E-state index contributed by atoms with van der Waals surface area (Å²) in [5.74, 6) is 1.22. The highest BCUT2D eigenvalue weighted by Crippen LogP contribution is 2.41. The maximum Gasteiger partial charge on any atom is 0.274 e. The van der Waals surface area contributed by atoms with Crippen LogP contribution < -0.4 is 10.1 Å². The van der Waals surface area contributed by atoms with E-state index >= 15 is 0 Å². The molecule has 4 rings (SSSR count). The Morgan fingerprint density at radius 1 is 1.26 bits per heavy atom. The largest absolute Gasteiger partial charge is 0.453 e. The number of carbonyl (C=O) groups is 1. The fraction of sp³-hybridized carbons (Fsp3) is 0.261. The molecule has 1 aliphatic rings. The van der Waals surface area contributed by atoms with Crippen molar-refractivity contribution in [1.29, 1.82) is 0 Å². The van der Waals surface area contributed by atoms with Gasteiger partial charge in [0.05, 0.1) is 12.7 Å². The highest BCUT2D eigenvalue weighted by molar-refractivity contribution is 6.35. The van der Waals surface area contributed by atoms with Gasteiger partial charge in [0.2, 0.25) is 0 Å². The Hall–Kier alpha value is -2.70. The molecule has 3 aromatic rings. The Morgan fingerprint density at radius 2 is 2.06 bits per heavy atom. The summed E-state index contributed by atoms with van der Waals surface area (Å²) < 4.78 is 20.6. The lowest BCUT2D eigenvalue weighted by molar-refractivity contribution is 0.0933. The highest BCUT2D eigenvalue weighted by atomic mass is 35.5. The monoisotopic (exact) mass is 459 g/mol. The van der Waals surface area contributed by atoms with Gasteiger partial charge in [0.15, 0.2) is 11.4 Å². The third-order valence-corrected chi connectivity index (χ3v) is 5.53. The second-order valence-electron chi connectivity index (χ2n) is 7.42.